The highest BCUT2D eigenvalue weighted by molar-refractivity contribution is 6.29. The zero-order valence-corrected chi connectivity index (χ0v) is 11.3. The molecule has 0 bridgehead atoms. The van der Waals surface area contributed by atoms with Crippen molar-refractivity contribution in [3.8, 4) is 0 Å². The van der Waals surface area contributed by atoms with E-state index in [0.29, 0.717) is 0 Å². The van der Waals surface area contributed by atoms with E-state index in [9.17, 15) is 0 Å². The summed E-state index contributed by atoms with van der Waals surface area (Å²) in [7, 11) is 0. The Morgan fingerprint density at radius 1 is 0.867 bits per heavy atom. The van der Waals surface area contributed by atoms with Crippen LogP contribution in [0, 0.1) is 0 Å². The van der Waals surface area contributed by atoms with Crippen LogP contribution in [-0.2, 0) is 0 Å². The first kappa shape index (κ1) is 15.0. The van der Waals surface area contributed by atoms with Gasteiger partial charge in [-0.1, -0.05) is 70.0 Å². The van der Waals surface area contributed by atoms with E-state index in [-0.39, 0.29) is 0 Å². The number of halogens is 1. The van der Waals surface area contributed by atoms with Gasteiger partial charge in [-0.2, -0.15) is 0 Å². The molecule has 0 atom stereocenters. The van der Waals surface area contributed by atoms with Gasteiger partial charge in [-0.25, -0.2) is 0 Å². The van der Waals surface area contributed by atoms with Gasteiger partial charge < -0.3 is 0 Å². The van der Waals surface area contributed by atoms with Crippen LogP contribution in [-0.4, -0.2) is 0 Å². The Morgan fingerprint density at radius 2 is 1.47 bits per heavy atom. The Morgan fingerprint density at radius 3 is 2.13 bits per heavy atom. The average molecular weight is 231 g/mol. The Labute approximate surface area is 101 Å². The van der Waals surface area contributed by atoms with Crippen molar-refractivity contribution in [2.75, 3.05) is 0 Å². The molecule has 0 heterocycles. The molecular formula is C14H27Cl. The van der Waals surface area contributed by atoms with Crippen LogP contribution >= 0.6 is 11.6 Å². The smallest absolute Gasteiger partial charge is 0.0141 e. The van der Waals surface area contributed by atoms with E-state index in [4.69, 9.17) is 11.6 Å². The maximum absolute atomic E-state index is 6.13. The normalized spacial score (nSPS) is 12.1. The zero-order chi connectivity index (χ0) is 11.4. The molecule has 1 heteroatoms. The van der Waals surface area contributed by atoms with E-state index in [1.807, 2.05) is 0 Å². The van der Waals surface area contributed by atoms with Gasteiger partial charge in [0.05, 0.1) is 0 Å². The molecule has 0 aliphatic heterocycles. The number of rotatable bonds is 10. The average Bonchev–Trinajstić information content (AvgIpc) is 2.24. The fourth-order valence-electron chi connectivity index (χ4n) is 1.65. The van der Waals surface area contributed by atoms with Gasteiger partial charge in [-0.3, -0.25) is 0 Å². The SMILES string of the molecule is CCCCC/C=C(\Cl)CCCCCCC. The van der Waals surface area contributed by atoms with Crippen LogP contribution in [0.25, 0.3) is 0 Å². The van der Waals surface area contributed by atoms with Gasteiger partial charge in [0, 0.05) is 5.03 Å². The summed E-state index contributed by atoms with van der Waals surface area (Å²) in [5.41, 5.74) is 0. The molecule has 0 saturated heterocycles. The molecule has 90 valence electrons. The largest absolute Gasteiger partial charge is 0.0895 e. The van der Waals surface area contributed by atoms with Crippen LogP contribution in [0.2, 0.25) is 0 Å². The second-order valence-corrected chi connectivity index (χ2v) is 4.80. The lowest BCUT2D eigenvalue weighted by atomic mass is 10.1. The van der Waals surface area contributed by atoms with Crippen LogP contribution in [0.1, 0.15) is 78.1 Å². The first-order valence-corrected chi connectivity index (χ1v) is 7.03. The van der Waals surface area contributed by atoms with Crippen molar-refractivity contribution in [1.29, 1.82) is 0 Å². The van der Waals surface area contributed by atoms with Crippen molar-refractivity contribution >= 4 is 11.6 Å². The summed E-state index contributed by atoms with van der Waals surface area (Å²) in [6.45, 7) is 4.49. The topological polar surface area (TPSA) is 0 Å². The molecular weight excluding hydrogens is 204 g/mol. The van der Waals surface area contributed by atoms with E-state index in [1.54, 1.807) is 0 Å². The fraction of sp³-hybridized carbons (Fsp3) is 0.857. The number of hydrogen-bond acceptors (Lipinski definition) is 0. The van der Waals surface area contributed by atoms with Crippen LogP contribution in [0.3, 0.4) is 0 Å². The maximum Gasteiger partial charge on any atom is 0.0141 e. The third-order valence-corrected chi connectivity index (χ3v) is 3.04. The van der Waals surface area contributed by atoms with Gasteiger partial charge in [-0.15, -0.1) is 0 Å². The minimum absolute atomic E-state index is 1.09. The van der Waals surface area contributed by atoms with Gasteiger partial charge in [0.1, 0.15) is 0 Å². The molecule has 0 aliphatic rings. The molecule has 0 saturated carbocycles. The first-order valence-electron chi connectivity index (χ1n) is 6.65. The van der Waals surface area contributed by atoms with E-state index in [1.165, 1.54) is 57.8 Å². The maximum atomic E-state index is 6.13. The Kier molecular flexibility index (Phi) is 12.1. The Balaban J connectivity index is 3.26. The third kappa shape index (κ3) is 12.0. The van der Waals surface area contributed by atoms with Gasteiger partial charge in [0.2, 0.25) is 0 Å². The first-order chi connectivity index (χ1) is 7.31. The number of allylic oxidation sites excluding steroid dienone is 2. The van der Waals surface area contributed by atoms with Crippen molar-refractivity contribution in [2.45, 2.75) is 78.1 Å². The quantitative estimate of drug-likeness (QED) is 0.401. The van der Waals surface area contributed by atoms with Gasteiger partial charge >= 0.3 is 0 Å². The third-order valence-electron chi connectivity index (χ3n) is 2.69. The standard InChI is InChI=1S/C14H27Cl/c1-3-5-7-9-11-13-14(15)12-10-8-6-4-2/h12H,3-11,13H2,1-2H3/b14-12-. The highest BCUT2D eigenvalue weighted by Crippen LogP contribution is 2.15. The Hall–Kier alpha value is 0.0300. The van der Waals surface area contributed by atoms with Crippen molar-refractivity contribution < 1.29 is 0 Å². The predicted octanol–water partition coefficient (Wildman–Crippen LogP) is 6.05. The van der Waals surface area contributed by atoms with Gasteiger partial charge in [-0.05, 0) is 25.7 Å². The highest BCUT2D eigenvalue weighted by atomic mass is 35.5. The molecule has 0 aromatic carbocycles. The molecule has 0 aromatic rings. The summed E-state index contributed by atoms with van der Waals surface area (Å²) in [4.78, 5) is 0. The lowest BCUT2D eigenvalue weighted by Gasteiger charge is -2.00. The van der Waals surface area contributed by atoms with E-state index < -0.39 is 0 Å². The molecule has 0 radical (unpaired) electrons. The lowest BCUT2D eigenvalue weighted by molar-refractivity contribution is 0.634. The molecule has 0 nitrogen and oxygen atoms in total. The van der Waals surface area contributed by atoms with Gasteiger partial charge in [0.15, 0.2) is 0 Å². The van der Waals surface area contributed by atoms with E-state index in [0.717, 1.165) is 11.5 Å². The minimum Gasteiger partial charge on any atom is -0.0895 e. The summed E-state index contributed by atoms with van der Waals surface area (Å²) in [6, 6.07) is 0. The summed E-state index contributed by atoms with van der Waals surface area (Å²) in [5.74, 6) is 0. The molecule has 0 fully saturated rings. The predicted molar refractivity (Wildman–Crippen MR) is 71.5 cm³/mol. The lowest BCUT2D eigenvalue weighted by Crippen LogP contribution is -1.80. The number of hydrogen-bond donors (Lipinski definition) is 0. The van der Waals surface area contributed by atoms with E-state index >= 15 is 0 Å². The van der Waals surface area contributed by atoms with Crippen molar-refractivity contribution in [3.63, 3.8) is 0 Å². The Bertz CT molecular complexity index is 149. The van der Waals surface area contributed by atoms with Crippen LogP contribution in [0.15, 0.2) is 11.1 Å². The van der Waals surface area contributed by atoms with Crippen molar-refractivity contribution in [3.05, 3.63) is 11.1 Å². The van der Waals surface area contributed by atoms with Gasteiger partial charge in [0.25, 0.3) is 0 Å². The van der Waals surface area contributed by atoms with Crippen LogP contribution < -0.4 is 0 Å². The second-order valence-electron chi connectivity index (χ2n) is 4.31. The van der Waals surface area contributed by atoms with E-state index in [2.05, 4.69) is 19.9 Å². The fourth-order valence-corrected chi connectivity index (χ4v) is 1.90. The van der Waals surface area contributed by atoms with Crippen molar-refractivity contribution in [2.24, 2.45) is 0 Å². The zero-order valence-electron chi connectivity index (χ0n) is 10.5. The molecule has 15 heavy (non-hydrogen) atoms. The minimum atomic E-state index is 1.09. The summed E-state index contributed by atoms with van der Waals surface area (Å²) < 4.78 is 0. The molecule has 0 unspecified atom stereocenters. The highest BCUT2D eigenvalue weighted by Gasteiger charge is 1.93. The molecule has 0 rings (SSSR count). The monoisotopic (exact) mass is 230 g/mol. The summed E-state index contributed by atoms with van der Waals surface area (Å²) in [6.07, 6.45) is 15.1. The van der Waals surface area contributed by atoms with Crippen molar-refractivity contribution in [1.82, 2.24) is 0 Å². The second kappa shape index (κ2) is 12.1. The molecule has 0 aliphatic carbocycles. The molecule has 0 aromatic heterocycles. The molecule has 0 N–H and O–H groups in total. The number of unbranched alkanes of at least 4 members (excludes halogenated alkanes) is 7. The summed E-state index contributed by atoms with van der Waals surface area (Å²) in [5, 5.41) is 1.09. The molecule has 0 amide bonds. The van der Waals surface area contributed by atoms with Crippen LogP contribution in [0.5, 0.6) is 0 Å². The molecule has 0 spiro atoms. The van der Waals surface area contributed by atoms with Crippen LogP contribution in [0.4, 0.5) is 0 Å². The summed E-state index contributed by atoms with van der Waals surface area (Å²) >= 11 is 6.13.